The van der Waals surface area contributed by atoms with Gasteiger partial charge in [0.15, 0.2) is 5.17 Å². The first-order chi connectivity index (χ1) is 17.1. The fraction of sp³-hybridized carbons (Fsp3) is 0.115. The molecular weight excluding hydrogens is 526 g/mol. The van der Waals surface area contributed by atoms with Crippen LogP contribution in [0.1, 0.15) is 16.8 Å². The van der Waals surface area contributed by atoms with Crippen LogP contribution < -0.4 is 5.56 Å². The Bertz CT molecular complexity index is 1600. The van der Waals surface area contributed by atoms with Gasteiger partial charge in [0, 0.05) is 34.5 Å². The average molecular weight is 544 g/mol. The molecule has 9 heteroatoms. The molecule has 0 N–H and O–H groups in total. The Morgan fingerprint density at radius 3 is 2.60 bits per heavy atom. The molecule has 0 spiro atoms. The third-order valence-corrected chi connectivity index (χ3v) is 7.36. The average Bonchev–Trinajstić information content (AvgIpc) is 3.20. The highest BCUT2D eigenvalue weighted by Crippen LogP contribution is 2.35. The summed E-state index contributed by atoms with van der Waals surface area (Å²) in [5, 5.41) is 0.673. The number of carbonyl (C=O) groups is 1. The number of hydrogen-bond donors (Lipinski definition) is 0. The van der Waals surface area contributed by atoms with Crippen LogP contribution in [-0.2, 0) is 17.0 Å². The minimum Gasteiger partial charge on any atom is -0.292 e. The van der Waals surface area contributed by atoms with E-state index in [1.807, 2.05) is 65.6 Å². The summed E-state index contributed by atoms with van der Waals surface area (Å²) in [4.78, 5) is 41.6. The predicted molar refractivity (Wildman–Crippen MR) is 141 cm³/mol. The summed E-state index contributed by atoms with van der Waals surface area (Å²) in [6.07, 6.45) is 2.23. The minimum absolute atomic E-state index is 0.150. The molecule has 1 amide bonds. The number of hydrogen-bond acceptors (Lipinski definition) is 6. The summed E-state index contributed by atoms with van der Waals surface area (Å²) >= 11 is 4.84. The lowest BCUT2D eigenvalue weighted by Crippen LogP contribution is -2.44. The summed E-state index contributed by atoms with van der Waals surface area (Å²) in [6, 6.07) is 22.3. The van der Waals surface area contributed by atoms with Crippen LogP contribution in [0.5, 0.6) is 0 Å². The lowest BCUT2D eigenvalue weighted by atomic mass is 10.0. The van der Waals surface area contributed by atoms with Crippen molar-refractivity contribution in [3.05, 3.63) is 111 Å². The van der Waals surface area contributed by atoms with Gasteiger partial charge < -0.3 is 0 Å². The molecule has 35 heavy (non-hydrogen) atoms. The van der Waals surface area contributed by atoms with Crippen LogP contribution in [-0.4, -0.2) is 37.2 Å². The molecule has 2 aromatic heterocycles. The van der Waals surface area contributed by atoms with Gasteiger partial charge in [0.05, 0.1) is 11.4 Å². The smallest absolute Gasteiger partial charge is 0.271 e. The molecule has 0 saturated carbocycles. The fourth-order valence-electron chi connectivity index (χ4n) is 4.28. The van der Waals surface area contributed by atoms with Gasteiger partial charge in [-0.2, -0.15) is 4.99 Å². The largest absolute Gasteiger partial charge is 0.292 e. The molecule has 1 unspecified atom stereocenters. The van der Waals surface area contributed by atoms with Crippen LogP contribution in [0.4, 0.5) is 5.69 Å². The van der Waals surface area contributed by atoms with Crippen molar-refractivity contribution < 1.29 is 4.79 Å². The summed E-state index contributed by atoms with van der Waals surface area (Å²) in [5.41, 5.74) is 3.74. The van der Waals surface area contributed by atoms with Gasteiger partial charge in [-0.15, -0.1) is 0 Å². The maximum absolute atomic E-state index is 13.0. The number of aromatic nitrogens is 2. The number of nitrogens with zero attached hydrogens (tertiary/aromatic N) is 5. The summed E-state index contributed by atoms with van der Waals surface area (Å²) < 4.78 is 2.31. The zero-order valence-electron chi connectivity index (χ0n) is 18.3. The van der Waals surface area contributed by atoms with E-state index in [1.165, 1.54) is 22.2 Å². The minimum atomic E-state index is -0.473. The van der Waals surface area contributed by atoms with Crippen molar-refractivity contribution in [3.8, 4) is 0 Å². The standard InChI is InChI=1S/C26H18BrN5O2S/c27-17-10-11-22-28-18(13-23(33)31(22)14-17)15-35-26-29-20-9-5-4-8-19(20)24-30-25(34)21(32(24)26)12-16-6-2-1-3-7-16/h1-11,13-14,21H,12,15H2. The number of rotatable bonds is 4. The monoisotopic (exact) mass is 543 g/mol. The van der Waals surface area contributed by atoms with Gasteiger partial charge in [0.2, 0.25) is 0 Å². The molecule has 0 radical (unpaired) electrons. The highest BCUT2D eigenvalue weighted by atomic mass is 79.9. The van der Waals surface area contributed by atoms with Crippen molar-refractivity contribution in [2.45, 2.75) is 18.2 Å². The number of amides is 1. The Hall–Kier alpha value is -3.56. The summed E-state index contributed by atoms with van der Waals surface area (Å²) in [5.74, 6) is 0.876. The van der Waals surface area contributed by atoms with Crippen LogP contribution in [0.2, 0.25) is 0 Å². The molecule has 2 aliphatic heterocycles. The molecule has 172 valence electrons. The van der Waals surface area contributed by atoms with E-state index in [2.05, 4.69) is 25.9 Å². The van der Waals surface area contributed by atoms with Crippen molar-refractivity contribution in [2.24, 2.45) is 9.98 Å². The number of thioether (sulfide) groups is 1. The Balaban J connectivity index is 1.35. The molecule has 0 fully saturated rings. The van der Waals surface area contributed by atoms with Crippen molar-refractivity contribution in [2.75, 3.05) is 0 Å². The van der Waals surface area contributed by atoms with Gasteiger partial charge in [-0.1, -0.05) is 54.2 Å². The first-order valence-corrected chi connectivity index (χ1v) is 12.8. The topological polar surface area (TPSA) is 79.4 Å². The first-order valence-electron chi connectivity index (χ1n) is 11.0. The van der Waals surface area contributed by atoms with Gasteiger partial charge >= 0.3 is 0 Å². The summed E-state index contributed by atoms with van der Waals surface area (Å²) in [7, 11) is 0. The van der Waals surface area contributed by atoms with Gasteiger partial charge in [-0.25, -0.2) is 9.98 Å². The molecule has 6 rings (SSSR count). The van der Waals surface area contributed by atoms with Crippen LogP contribution in [0, 0.1) is 0 Å². The molecular formula is C26H18BrN5O2S. The number of fused-ring (bicyclic) bond motifs is 4. The van der Waals surface area contributed by atoms with Crippen LogP contribution in [0.3, 0.4) is 0 Å². The number of benzene rings is 2. The van der Waals surface area contributed by atoms with E-state index >= 15 is 0 Å². The third kappa shape index (κ3) is 4.11. The Morgan fingerprint density at radius 2 is 1.74 bits per heavy atom. The van der Waals surface area contributed by atoms with Gasteiger partial charge in [0.25, 0.3) is 11.5 Å². The van der Waals surface area contributed by atoms with E-state index in [0.29, 0.717) is 34.5 Å². The second kappa shape index (κ2) is 8.90. The number of pyridine rings is 1. The Kier molecular flexibility index (Phi) is 5.58. The molecule has 2 aliphatic rings. The third-order valence-electron chi connectivity index (χ3n) is 5.91. The van der Waals surface area contributed by atoms with Crippen molar-refractivity contribution in [3.63, 3.8) is 0 Å². The molecule has 1 atom stereocenters. The van der Waals surface area contributed by atoms with Crippen LogP contribution >= 0.6 is 27.7 Å². The van der Waals surface area contributed by atoms with Crippen LogP contribution in [0.25, 0.3) is 5.65 Å². The molecule has 7 nitrogen and oxygen atoms in total. The van der Waals surface area contributed by atoms with E-state index in [4.69, 9.17) is 4.99 Å². The fourth-order valence-corrected chi connectivity index (χ4v) is 5.56. The van der Waals surface area contributed by atoms with E-state index in [9.17, 15) is 9.59 Å². The van der Waals surface area contributed by atoms with Crippen molar-refractivity contribution >= 4 is 55.9 Å². The van der Waals surface area contributed by atoms with E-state index < -0.39 is 6.04 Å². The van der Waals surface area contributed by atoms with Gasteiger partial charge in [-0.3, -0.25) is 18.9 Å². The second-order valence-electron chi connectivity index (χ2n) is 8.21. The van der Waals surface area contributed by atoms with E-state index in [0.717, 1.165) is 21.3 Å². The molecule has 2 aromatic carbocycles. The van der Waals surface area contributed by atoms with Crippen molar-refractivity contribution in [1.82, 2.24) is 14.3 Å². The normalized spacial score (nSPS) is 16.7. The number of carbonyl (C=O) groups excluding carboxylic acids is 1. The molecule has 4 heterocycles. The molecule has 4 aromatic rings. The number of aliphatic imine (C=N–C) groups is 2. The Labute approximate surface area is 213 Å². The highest BCUT2D eigenvalue weighted by molar-refractivity contribution is 9.10. The van der Waals surface area contributed by atoms with Crippen LogP contribution in [0.15, 0.2) is 98.2 Å². The zero-order chi connectivity index (χ0) is 23.9. The maximum atomic E-state index is 13.0. The number of halogens is 1. The first kappa shape index (κ1) is 21.9. The molecule has 0 bridgehead atoms. The SMILES string of the molecule is O=C1N=C2c3ccccc3N=C(SCc3cc(=O)n4cc(Br)ccc4n3)N2C1Cc1ccccc1. The molecule has 0 saturated heterocycles. The lowest BCUT2D eigenvalue weighted by molar-refractivity contribution is -0.119. The summed E-state index contributed by atoms with van der Waals surface area (Å²) in [6.45, 7) is 0. The van der Waals surface area contributed by atoms with Crippen molar-refractivity contribution in [1.29, 1.82) is 0 Å². The lowest BCUT2D eigenvalue weighted by Gasteiger charge is -2.31. The predicted octanol–water partition coefficient (Wildman–Crippen LogP) is 4.59. The van der Waals surface area contributed by atoms with Gasteiger partial charge in [0.1, 0.15) is 17.5 Å². The second-order valence-corrected chi connectivity index (χ2v) is 10.1. The van der Waals surface area contributed by atoms with E-state index in [-0.39, 0.29) is 11.5 Å². The number of amidine groups is 2. The molecule has 0 aliphatic carbocycles. The highest BCUT2D eigenvalue weighted by Gasteiger charge is 2.41. The number of para-hydroxylation sites is 1. The zero-order valence-corrected chi connectivity index (χ0v) is 20.7. The Morgan fingerprint density at radius 1 is 0.943 bits per heavy atom. The maximum Gasteiger partial charge on any atom is 0.271 e. The van der Waals surface area contributed by atoms with Gasteiger partial charge in [-0.05, 0) is 45.8 Å². The van der Waals surface area contributed by atoms with E-state index in [1.54, 1.807) is 12.3 Å². The quantitative estimate of drug-likeness (QED) is 0.376.